The third kappa shape index (κ3) is 5.16. The van der Waals surface area contributed by atoms with E-state index in [1.54, 1.807) is 13.0 Å². The summed E-state index contributed by atoms with van der Waals surface area (Å²) >= 11 is 0. The molecule has 0 aromatic heterocycles. The Balaban J connectivity index is 2.69. The van der Waals surface area contributed by atoms with Crippen LogP contribution in [0.5, 0.6) is 0 Å². The van der Waals surface area contributed by atoms with Crippen LogP contribution < -0.4 is 5.43 Å². The lowest BCUT2D eigenvalue weighted by Crippen LogP contribution is -2.46. The highest BCUT2D eigenvalue weighted by Gasteiger charge is 2.11. The Morgan fingerprint density at radius 1 is 1.26 bits per heavy atom. The highest BCUT2D eigenvalue weighted by molar-refractivity contribution is 5.94. The number of hydrogen-bond donors (Lipinski definition) is 1. The Morgan fingerprint density at radius 3 is 2.53 bits per heavy atom. The fraction of sp³-hybridized carbons (Fsp3) is 0.214. The van der Waals surface area contributed by atoms with Gasteiger partial charge in [-0.3, -0.25) is 15.0 Å². The van der Waals surface area contributed by atoms with Gasteiger partial charge in [-0.2, -0.15) is 0 Å². The molecule has 0 atom stereocenters. The van der Waals surface area contributed by atoms with E-state index in [1.807, 2.05) is 30.3 Å². The molecule has 2 amide bonds. The first-order valence-electron chi connectivity index (χ1n) is 5.95. The third-order valence-electron chi connectivity index (χ3n) is 2.32. The molecule has 0 fully saturated rings. The topological polar surface area (TPSA) is 66.5 Å². The second kappa shape index (κ2) is 7.81. The number of nitrogens with zero attached hydrogens (tertiary/aromatic N) is 1. The van der Waals surface area contributed by atoms with Crippen molar-refractivity contribution in [3.8, 4) is 0 Å². The molecule has 5 nitrogen and oxygen atoms in total. The predicted octanol–water partition coefficient (Wildman–Crippen LogP) is 1.17. The zero-order chi connectivity index (χ0) is 14.1. The van der Waals surface area contributed by atoms with Gasteiger partial charge in [0.1, 0.15) is 6.29 Å². The average Bonchev–Trinajstić information content (AvgIpc) is 2.45. The van der Waals surface area contributed by atoms with Crippen molar-refractivity contribution in [2.24, 2.45) is 0 Å². The minimum absolute atomic E-state index is 0.177. The van der Waals surface area contributed by atoms with Gasteiger partial charge in [-0.1, -0.05) is 37.3 Å². The fourth-order valence-corrected chi connectivity index (χ4v) is 1.32. The molecule has 19 heavy (non-hydrogen) atoms. The molecule has 0 heterocycles. The maximum absolute atomic E-state index is 11.8. The molecule has 1 aromatic carbocycles. The van der Waals surface area contributed by atoms with Crippen molar-refractivity contribution in [3.05, 3.63) is 42.0 Å². The molecule has 5 heteroatoms. The van der Waals surface area contributed by atoms with E-state index in [1.165, 1.54) is 6.08 Å². The highest BCUT2D eigenvalue weighted by Crippen LogP contribution is 2.01. The Hall–Kier alpha value is -2.43. The monoisotopic (exact) mass is 260 g/mol. The molecule has 1 rings (SSSR count). The molecule has 0 spiro atoms. The van der Waals surface area contributed by atoms with Crippen molar-refractivity contribution < 1.29 is 14.4 Å². The van der Waals surface area contributed by atoms with Gasteiger partial charge in [-0.05, 0) is 11.6 Å². The zero-order valence-electron chi connectivity index (χ0n) is 10.7. The number of hydrazine groups is 1. The normalized spacial score (nSPS) is 10.2. The first-order valence-corrected chi connectivity index (χ1v) is 5.95. The van der Waals surface area contributed by atoms with Crippen molar-refractivity contribution in [2.75, 3.05) is 6.54 Å². The van der Waals surface area contributed by atoms with Gasteiger partial charge in [-0.15, -0.1) is 0 Å². The number of carbonyl (C=O) groups is 3. The van der Waals surface area contributed by atoms with Crippen molar-refractivity contribution in [2.45, 2.75) is 13.3 Å². The van der Waals surface area contributed by atoms with E-state index in [2.05, 4.69) is 5.43 Å². The molecular weight excluding hydrogens is 244 g/mol. The lowest BCUT2D eigenvalue weighted by Gasteiger charge is -2.18. The number of hydrogen-bond acceptors (Lipinski definition) is 3. The standard InChI is InChI=1S/C14H16N2O3/c1-2-13(18)15-16(10-11-17)14(19)9-8-12-6-4-3-5-7-12/h3-9,11H,2,10H2,1H3,(H,15,18)/b9-8+. The minimum Gasteiger partial charge on any atom is -0.301 e. The van der Waals surface area contributed by atoms with Gasteiger partial charge in [0, 0.05) is 12.5 Å². The number of amides is 2. The van der Waals surface area contributed by atoms with Gasteiger partial charge >= 0.3 is 0 Å². The lowest BCUT2D eigenvalue weighted by atomic mass is 10.2. The van der Waals surface area contributed by atoms with E-state index >= 15 is 0 Å². The summed E-state index contributed by atoms with van der Waals surface area (Å²) in [7, 11) is 0. The quantitative estimate of drug-likeness (QED) is 0.491. The second-order valence-electron chi connectivity index (χ2n) is 3.75. The molecule has 0 bridgehead atoms. The smallest absolute Gasteiger partial charge is 0.265 e. The summed E-state index contributed by atoms with van der Waals surface area (Å²) in [5.74, 6) is -0.763. The lowest BCUT2D eigenvalue weighted by molar-refractivity contribution is -0.138. The summed E-state index contributed by atoms with van der Waals surface area (Å²) in [4.78, 5) is 33.5. The van der Waals surface area contributed by atoms with Crippen LogP contribution in [0.1, 0.15) is 18.9 Å². The van der Waals surface area contributed by atoms with Gasteiger partial charge < -0.3 is 4.79 Å². The molecule has 0 radical (unpaired) electrons. The minimum atomic E-state index is -0.447. The van der Waals surface area contributed by atoms with Crippen LogP contribution in [0, 0.1) is 0 Å². The van der Waals surface area contributed by atoms with Crippen LogP contribution in [-0.2, 0) is 14.4 Å². The summed E-state index contributed by atoms with van der Waals surface area (Å²) in [6, 6.07) is 9.27. The number of nitrogens with one attached hydrogen (secondary N) is 1. The van der Waals surface area contributed by atoms with Gasteiger partial charge in [0.15, 0.2) is 0 Å². The molecular formula is C14H16N2O3. The van der Waals surface area contributed by atoms with Gasteiger partial charge in [0.2, 0.25) is 5.91 Å². The Labute approximate surface area is 111 Å². The van der Waals surface area contributed by atoms with Crippen molar-refractivity contribution >= 4 is 24.2 Å². The van der Waals surface area contributed by atoms with Crippen LogP contribution >= 0.6 is 0 Å². The summed E-state index contributed by atoms with van der Waals surface area (Å²) in [6.07, 6.45) is 3.74. The van der Waals surface area contributed by atoms with Gasteiger partial charge in [0.25, 0.3) is 5.91 Å². The van der Waals surface area contributed by atoms with Gasteiger partial charge in [0.05, 0.1) is 6.54 Å². The summed E-state index contributed by atoms with van der Waals surface area (Å²) in [5.41, 5.74) is 3.23. The Morgan fingerprint density at radius 2 is 1.95 bits per heavy atom. The average molecular weight is 260 g/mol. The van der Waals surface area contributed by atoms with Crippen molar-refractivity contribution in [1.29, 1.82) is 0 Å². The van der Waals surface area contributed by atoms with E-state index in [0.717, 1.165) is 10.6 Å². The van der Waals surface area contributed by atoms with Gasteiger partial charge in [-0.25, -0.2) is 5.01 Å². The molecule has 1 aromatic rings. The third-order valence-corrected chi connectivity index (χ3v) is 2.32. The zero-order valence-corrected chi connectivity index (χ0v) is 10.7. The molecule has 0 unspecified atom stereocenters. The molecule has 0 aliphatic carbocycles. The van der Waals surface area contributed by atoms with Crippen LogP contribution in [-0.4, -0.2) is 29.7 Å². The molecule has 100 valence electrons. The summed E-state index contributed by atoms with van der Waals surface area (Å²) in [5, 5.41) is 0.984. The maximum Gasteiger partial charge on any atom is 0.265 e. The van der Waals surface area contributed by atoms with E-state index in [0.29, 0.717) is 6.29 Å². The van der Waals surface area contributed by atoms with E-state index < -0.39 is 5.91 Å². The highest BCUT2D eigenvalue weighted by atomic mass is 16.2. The predicted molar refractivity (Wildman–Crippen MR) is 71.7 cm³/mol. The molecule has 0 saturated heterocycles. The van der Waals surface area contributed by atoms with Crippen LogP contribution in [0.4, 0.5) is 0 Å². The van der Waals surface area contributed by atoms with Crippen LogP contribution in [0.3, 0.4) is 0 Å². The molecule has 0 aliphatic rings. The first kappa shape index (κ1) is 14.6. The SMILES string of the molecule is CCC(=O)NN(CC=O)C(=O)/C=C/c1ccccc1. The van der Waals surface area contributed by atoms with E-state index in [4.69, 9.17) is 0 Å². The first-order chi connectivity index (χ1) is 9.17. The fourth-order valence-electron chi connectivity index (χ4n) is 1.32. The number of aldehydes is 1. The van der Waals surface area contributed by atoms with Crippen LogP contribution in [0.25, 0.3) is 6.08 Å². The maximum atomic E-state index is 11.8. The summed E-state index contributed by atoms with van der Waals surface area (Å²) < 4.78 is 0. The van der Waals surface area contributed by atoms with E-state index in [-0.39, 0.29) is 18.9 Å². The van der Waals surface area contributed by atoms with Crippen molar-refractivity contribution in [3.63, 3.8) is 0 Å². The van der Waals surface area contributed by atoms with Crippen molar-refractivity contribution in [1.82, 2.24) is 10.4 Å². The Kier molecular flexibility index (Phi) is 6.02. The molecule has 0 aliphatic heterocycles. The molecule has 1 N–H and O–H groups in total. The molecule has 0 saturated carbocycles. The van der Waals surface area contributed by atoms with E-state index in [9.17, 15) is 14.4 Å². The number of rotatable bonds is 5. The van der Waals surface area contributed by atoms with Crippen LogP contribution in [0.15, 0.2) is 36.4 Å². The number of carbonyl (C=O) groups excluding carboxylic acids is 3. The number of benzene rings is 1. The second-order valence-corrected chi connectivity index (χ2v) is 3.75. The van der Waals surface area contributed by atoms with Crippen LogP contribution in [0.2, 0.25) is 0 Å². The summed E-state index contributed by atoms with van der Waals surface area (Å²) in [6.45, 7) is 1.49. The largest absolute Gasteiger partial charge is 0.301 e. The Bertz CT molecular complexity index is 469.